The van der Waals surface area contributed by atoms with Crippen LogP contribution in [0.25, 0.3) is 0 Å². The van der Waals surface area contributed by atoms with Crippen LogP contribution in [-0.2, 0) is 4.79 Å². The molecule has 8 nitrogen and oxygen atoms in total. The van der Waals surface area contributed by atoms with Crippen molar-refractivity contribution in [1.29, 1.82) is 0 Å². The molecule has 2 rings (SSSR count). The molecule has 0 aliphatic carbocycles. The highest BCUT2D eigenvalue weighted by molar-refractivity contribution is 5.93. The Kier molecular flexibility index (Phi) is 4.92. The summed E-state index contributed by atoms with van der Waals surface area (Å²) in [6.07, 6.45) is 1.98. The highest BCUT2D eigenvalue weighted by atomic mass is 16.6. The monoisotopic (exact) mass is 306 g/mol. The molecular formula is C14H18N4O4. The van der Waals surface area contributed by atoms with Crippen molar-refractivity contribution >= 4 is 23.3 Å². The van der Waals surface area contributed by atoms with E-state index in [9.17, 15) is 19.7 Å². The van der Waals surface area contributed by atoms with Crippen LogP contribution in [0.2, 0.25) is 0 Å². The van der Waals surface area contributed by atoms with E-state index in [0.29, 0.717) is 11.3 Å². The fourth-order valence-corrected chi connectivity index (χ4v) is 2.26. The zero-order valence-corrected chi connectivity index (χ0v) is 12.3. The number of nitro groups is 1. The Morgan fingerprint density at radius 2 is 2.00 bits per heavy atom. The van der Waals surface area contributed by atoms with Gasteiger partial charge in [-0.1, -0.05) is 6.07 Å². The van der Waals surface area contributed by atoms with Crippen molar-refractivity contribution in [2.75, 3.05) is 25.0 Å². The maximum atomic E-state index is 11.8. The number of anilines is 1. The fourth-order valence-electron chi connectivity index (χ4n) is 2.26. The van der Waals surface area contributed by atoms with Gasteiger partial charge in [0.15, 0.2) is 0 Å². The summed E-state index contributed by atoms with van der Waals surface area (Å²) in [6.45, 7) is 3.10. The van der Waals surface area contributed by atoms with Crippen LogP contribution in [0.3, 0.4) is 0 Å². The predicted octanol–water partition coefficient (Wildman–Crippen LogP) is 1.65. The van der Waals surface area contributed by atoms with E-state index in [1.807, 2.05) is 0 Å². The molecule has 8 heteroatoms. The summed E-state index contributed by atoms with van der Waals surface area (Å²) in [4.78, 5) is 35.5. The van der Waals surface area contributed by atoms with Crippen LogP contribution in [-0.4, -0.2) is 41.4 Å². The second-order valence-corrected chi connectivity index (χ2v) is 5.15. The molecule has 1 fully saturated rings. The Morgan fingerprint density at radius 1 is 1.32 bits per heavy atom. The topological polar surface area (TPSA) is 105 Å². The van der Waals surface area contributed by atoms with Crippen LogP contribution in [0.5, 0.6) is 0 Å². The first-order valence-corrected chi connectivity index (χ1v) is 7.05. The molecule has 1 saturated heterocycles. The first-order chi connectivity index (χ1) is 10.5. The Labute approximate surface area is 127 Å². The first kappa shape index (κ1) is 15.7. The van der Waals surface area contributed by atoms with Gasteiger partial charge in [-0.25, -0.2) is 4.79 Å². The predicted molar refractivity (Wildman–Crippen MR) is 80.7 cm³/mol. The van der Waals surface area contributed by atoms with Crippen molar-refractivity contribution in [3.8, 4) is 0 Å². The smallest absolute Gasteiger partial charge is 0.319 e. The lowest BCUT2D eigenvalue weighted by molar-refractivity contribution is -0.384. The van der Waals surface area contributed by atoms with Crippen LogP contribution in [0.4, 0.5) is 16.2 Å². The van der Waals surface area contributed by atoms with Crippen LogP contribution in [0.1, 0.15) is 18.4 Å². The SMILES string of the molecule is Cc1ccc([N+](=O)[O-])cc1NC(=O)NCC(=O)N1CCCC1. The molecular weight excluding hydrogens is 288 g/mol. The Morgan fingerprint density at radius 3 is 2.64 bits per heavy atom. The number of urea groups is 1. The number of hydrogen-bond acceptors (Lipinski definition) is 4. The molecule has 1 aliphatic heterocycles. The van der Waals surface area contributed by atoms with Gasteiger partial charge in [-0.05, 0) is 25.3 Å². The number of nitro benzene ring substituents is 1. The summed E-state index contributed by atoms with van der Waals surface area (Å²) in [5.74, 6) is -0.122. The zero-order valence-electron chi connectivity index (χ0n) is 12.3. The number of aryl methyl sites for hydroxylation is 1. The van der Waals surface area contributed by atoms with Gasteiger partial charge in [0.2, 0.25) is 5.91 Å². The highest BCUT2D eigenvalue weighted by Gasteiger charge is 2.18. The lowest BCUT2D eigenvalue weighted by Crippen LogP contribution is -2.40. The van der Waals surface area contributed by atoms with E-state index in [2.05, 4.69) is 10.6 Å². The number of hydrogen-bond donors (Lipinski definition) is 2. The van der Waals surface area contributed by atoms with Gasteiger partial charge < -0.3 is 15.5 Å². The van der Waals surface area contributed by atoms with E-state index in [0.717, 1.165) is 25.9 Å². The molecule has 0 radical (unpaired) electrons. The van der Waals surface area contributed by atoms with E-state index in [1.165, 1.54) is 12.1 Å². The van der Waals surface area contributed by atoms with E-state index < -0.39 is 11.0 Å². The molecule has 0 saturated carbocycles. The van der Waals surface area contributed by atoms with Crippen molar-refractivity contribution in [3.63, 3.8) is 0 Å². The largest absolute Gasteiger partial charge is 0.341 e. The Bertz CT molecular complexity index is 597. The number of non-ortho nitro benzene ring substituents is 1. The quantitative estimate of drug-likeness (QED) is 0.651. The van der Waals surface area contributed by atoms with Gasteiger partial charge in [-0.15, -0.1) is 0 Å². The first-order valence-electron chi connectivity index (χ1n) is 7.05. The van der Waals surface area contributed by atoms with Crippen LogP contribution in [0.15, 0.2) is 18.2 Å². The summed E-state index contributed by atoms with van der Waals surface area (Å²) < 4.78 is 0. The number of nitrogens with one attached hydrogen (secondary N) is 2. The van der Waals surface area contributed by atoms with Crippen molar-refractivity contribution < 1.29 is 14.5 Å². The molecule has 1 aromatic carbocycles. The minimum atomic E-state index is -0.559. The molecule has 0 atom stereocenters. The summed E-state index contributed by atoms with van der Waals surface area (Å²) >= 11 is 0. The number of benzene rings is 1. The molecule has 118 valence electrons. The van der Waals surface area contributed by atoms with Crippen molar-refractivity contribution in [3.05, 3.63) is 33.9 Å². The summed E-state index contributed by atoms with van der Waals surface area (Å²) in [5, 5.41) is 15.7. The van der Waals surface area contributed by atoms with Crippen LogP contribution >= 0.6 is 0 Å². The number of carbonyl (C=O) groups is 2. The lowest BCUT2D eigenvalue weighted by Gasteiger charge is -2.16. The molecule has 0 bridgehead atoms. The normalized spacial score (nSPS) is 13.8. The van der Waals surface area contributed by atoms with Gasteiger partial charge in [0.05, 0.1) is 17.2 Å². The molecule has 22 heavy (non-hydrogen) atoms. The molecule has 3 amide bonds. The second-order valence-electron chi connectivity index (χ2n) is 5.15. The third kappa shape index (κ3) is 3.94. The van der Waals surface area contributed by atoms with Crippen molar-refractivity contribution in [2.24, 2.45) is 0 Å². The number of carbonyl (C=O) groups excluding carboxylic acids is 2. The van der Waals surface area contributed by atoms with Crippen molar-refractivity contribution in [2.45, 2.75) is 19.8 Å². The minimum absolute atomic E-state index is 0.0835. The molecule has 2 N–H and O–H groups in total. The van der Waals surface area contributed by atoms with Crippen LogP contribution < -0.4 is 10.6 Å². The highest BCUT2D eigenvalue weighted by Crippen LogP contribution is 2.21. The van der Waals surface area contributed by atoms with Gasteiger partial charge in [-0.3, -0.25) is 14.9 Å². The van der Waals surface area contributed by atoms with Gasteiger partial charge >= 0.3 is 6.03 Å². The number of rotatable bonds is 4. The number of amides is 3. The second kappa shape index (κ2) is 6.88. The number of likely N-dealkylation sites (tertiary alicyclic amines) is 1. The van der Waals surface area contributed by atoms with E-state index in [1.54, 1.807) is 17.9 Å². The maximum absolute atomic E-state index is 11.8. The van der Waals surface area contributed by atoms with Gasteiger partial charge in [0.1, 0.15) is 0 Å². The van der Waals surface area contributed by atoms with Gasteiger partial charge in [-0.2, -0.15) is 0 Å². The molecule has 1 heterocycles. The lowest BCUT2D eigenvalue weighted by atomic mass is 10.2. The van der Waals surface area contributed by atoms with Crippen molar-refractivity contribution in [1.82, 2.24) is 10.2 Å². The zero-order chi connectivity index (χ0) is 16.1. The van der Waals surface area contributed by atoms with Crippen LogP contribution in [0, 0.1) is 17.0 Å². The molecule has 0 spiro atoms. The fraction of sp³-hybridized carbons (Fsp3) is 0.429. The van der Waals surface area contributed by atoms with Gasteiger partial charge in [0, 0.05) is 25.2 Å². The van der Waals surface area contributed by atoms with E-state index >= 15 is 0 Å². The van der Waals surface area contributed by atoms with E-state index in [-0.39, 0.29) is 18.1 Å². The molecule has 1 aliphatic rings. The number of nitrogens with zero attached hydrogens (tertiary/aromatic N) is 2. The summed E-state index contributed by atoms with van der Waals surface area (Å²) in [7, 11) is 0. The molecule has 1 aromatic rings. The average molecular weight is 306 g/mol. The maximum Gasteiger partial charge on any atom is 0.319 e. The Balaban J connectivity index is 1.90. The minimum Gasteiger partial charge on any atom is -0.341 e. The Hall–Kier alpha value is -2.64. The average Bonchev–Trinajstić information content (AvgIpc) is 3.01. The van der Waals surface area contributed by atoms with Gasteiger partial charge in [0.25, 0.3) is 5.69 Å². The summed E-state index contributed by atoms with van der Waals surface area (Å²) in [6, 6.07) is 3.66. The third-order valence-corrected chi connectivity index (χ3v) is 3.54. The third-order valence-electron chi connectivity index (χ3n) is 3.54. The van der Waals surface area contributed by atoms with E-state index in [4.69, 9.17) is 0 Å². The standard InChI is InChI=1S/C14H18N4O4/c1-10-4-5-11(18(21)22)8-12(10)16-14(20)15-9-13(19)17-6-2-3-7-17/h4-5,8H,2-3,6-7,9H2,1H3,(H2,15,16,20). The summed E-state index contributed by atoms with van der Waals surface area (Å²) in [5.41, 5.74) is 0.945. The molecule has 0 unspecified atom stereocenters. The molecule has 0 aromatic heterocycles.